The second kappa shape index (κ2) is 35.8. The van der Waals surface area contributed by atoms with Gasteiger partial charge in [-0.2, -0.15) is 4.86 Å². The molecule has 0 aromatic heterocycles. The van der Waals surface area contributed by atoms with Crippen LogP contribution in [-0.4, -0.2) is 38.0 Å². The van der Waals surface area contributed by atoms with Crippen LogP contribution in [0.3, 0.4) is 0 Å². The number of benzene rings is 4. The summed E-state index contributed by atoms with van der Waals surface area (Å²) < 4.78 is 0. The standard InChI is InChI=1S/C72H124NP2Si4/c1-13-25-56-78(57-26-14-2,58-27-15-3)69-46-42-67(43-47-69)75(66-38-32-31-33-39-66,68-44-48-70(49-45-68)79(59-28-16-4,60-29-17-5)61-30-18-6)73-74(64-36-34-40-71(62-64)76(50-19-7,51-20-8)52-21-9)65-37-35-41-72(63-65)77(53-22-10,54-23-11)55-24-12/h34-37,40-49,62-63,66,73H,13-33,38-39,50-61H2,1-12H3/q+1. The third-order valence-corrected chi connectivity index (χ3v) is 50.3. The maximum Gasteiger partial charge on any atom is 0.153 e. The van der Waals surface area contributed by atoms with E-state index in [0.717, 1.165) is 0 Å². The minimum absolute atomic E-state index is 0.612. The van der Waals surface area contributed by atoms with Gasteiger partial charge < -0.3 is 0 Å². The molecule has 0 radical (unpaired) electrons. The van der Waals surface area contributed by atoms with Gasteiger partial charge in [0.05, 0.1) is 46.0 Å². The van der Waals surface area contributed by atoms with Gasteiger partial charge in [-0.05, 0) is 60.6 Å². The molecule has 0 unspecified atom stereocenters. The van der Waals surface area contributed by atoms with Gasteiger partial charge in [0.2, 0.25) is 0 Å². The quantitative estimate of drug-likeness (QED) is 0.0345. The molecular weight excluding hydrogens is 1050 g/mol. The fraction of sp³-hybridized carbons (Fsp3) is 0.667. The van der Waals surface area contributed by atoms with Gasteiger partial charge in [0.25, 0.3) is 0 Å². The molecule has 0 amide bonds. The Morgan fingerprint density at radius 2 is 0.633 bits per heavy atom. The average molecular weight is 1180 g/mol. The Balaban J connectivity index is 1.95. The van der Waals surface area contributed by atoms with Crippen molar-refractivity contribution in [1.82, 2.24) is 4.86 Å². The first kappa shape index (κ1) is 68.3. The smallest absolute Gasteiger partial charge is 0.153 e. The van der Waals surface area contributed by atoms with E-state index in [2.05, 4.69) is 180 Å². The van der Waals surface area contributed by atoms with Gasteiger partial charge in [-0.1, -0.05) is 371 Å². The molecule has 0 saturated heterocycles. The number of unbranched alkanes of at least 4 members (excludes halogenated alkanes) is 6. The van der Waals surface area contributed by atoms with Gasteiger partial charge >= 0.3 is 0 Å². The van der Waals surface area contributed by atoms with Gasteiger partial charge in [0, 0.05) is 0 Å². The molecule has 1 saturated carbocycles. The summed E-state index contributed by atoms with van der Waals surface area (Å²) in [4.78, 5) is 5.20. The van der Waals surface area contributed by atoms with Gasteiger partial charge in [0.15, 0.2) is 7.41 Å². The molecule has 0 spiro atoms. The molecule has 79 heavy (non-hydrogen) atoms. The van der Waals surface area contributed by atoms with E-state index in [1.165, 1.54) is 220 Å². The number of hydrogen-bond acceptors (Lipinski definition) is 1. The summed E-state index contributed by atoms with van der Waals surface area (Å²) in [6.07, 6.45) is 30.7. The van der Waals surface area contributed by atoms with Crippen molar-refractivity contribution in [3.05, 3.63) is 97.1 Å². The molecule has 7 heteroatoms. The Morgan fingerprint density at radius 1 is 0.342 bits per heavy atom. The van der Waals surface area contributed by atoms with Crippen molar-refractivity contribution in [2.75, 3.05) is 0 Å². The molecular formula is C72H124NP2Si4+. The van der Waals surface area contributed by atoms with E-state index in [9.17, 15) is 0 Å². The van der Waals surface area contributed by atoms with Gasteiger partial charge in [-0.25, -0.2) is 0 Å². The molecule has 1 nitrogen and oxygen atoms in total. The van der Waals surface area contributed by atoms with Crippen molar-refractivity contribution in [3.8, 4) is 0 Å². The van der Waals surface area contributed by atoms with Crippen LogP contribution in [0.1, 0.15) is 231 Å². The van der Waals surface area contributed by atoms with Crippen LogP contribution in [-0.2, 0) is 0 Å². The lowest BCUT2D eigenvalue weighted by molar-refractivity contribution is 0.509. The molecule has 1 fully saturated rings. The predicted octanol–water partition coefficient (Wildman–Crippen LogP) is 20.4. The molecule has 4 aromatic rings. The molecule has 1 N–H and O–H groups in total. The van der Waals surface area contributed by atoms with Crippen LogP contribution in [0.15, 0.2) is 97.1 Å². The Hall–Kier alpha value is -1.43. The molecule has 4 aromatic carbocycles. The van der Waals surface area contributed by atoms with E-state index in [-0.39, 0.29) is 0 Å². The average Bonchev–Trinajstić information content (AvgIpc) is 3.50. The van der Waals surface area contributed by atoms with Crippen LogP contribution in [0.5, 0.6) is 0 Å². The molecule has 0 bridgehead atoms. The van der Waals surface area contributed by atoms with Crippen molar-refractivity contribution < 1.29 is 0 Å². The zero-order valence-electron chi connectivity index (χ0n) is 54.0. The fourth-order valence-electron chi connectivity index (χ4n) is 15.9. The fourth-order valence-corrected chi connectivity index (χ4v) is 46.7. The Kier molecular flexibility index (Phi) is 30.9. The largest absolute Gasteiger partial charge is 0.154 e. The lowest BCUT2D eigenvalue weighted by atomic mass is 10.0. The lowest BCUT2D eigenvalue weighted by Gasteiger charge is -2.40. The van der Waals surface area contributed by atoms with Crippen molar-refractivity contribution >= 4 is 89.7 Å². The van der Waals surface area contributed by atoms with Crippen molar-refractivity contribution in [3.63, 3.8) is 0 Å². The minimum Gasteiger partial charge on any atom is -0.154 e. The Labute approximate surface area is 497 Å². The maximum atomic E-state index is 5.20. The summed E-state index contributed by atoms with van der Waals surface area (Å²) in [6, 6.07) is 60.9. The van der Waals surface area contributed by atoms with Crippen LogP contribution in [0.25, 0.3) is 0 Å². The highest BCUT2D eigenvalue weighted by Gasteiger charge is 2.53. The zero-order chi connectivity index (χ0) is 57.0. The van der Waals surface area contributed by atoms with Crippen LogP contribution in [0, 0.1) is 0 Å². The highest BCUT2D eigenvalue weighted by Crippen LogP contribution is 2.65. The van der Waals surface area contributed by atoms with Crippen LogP contribution >= 0.6 is 15.5 Å². The van der Waals surface area contributed by atoms with Crippen LogP contribution < -0.4 is 46.8 Å². The normalized spacial score (nSPS) is 14.2. The first-order valence-electron chi connectivity index (χ1n) is 34.4. The zero-order valence-corrected chi connectivity index (χ0v) is 59.7. The van der Waals surface area contributed by atoms with Crippen molar-refractivity contribution in [1.29, 1.82) is 0 Å². The van der Waals surface area contributed by atoms with E-state index in [0.29, 0.717) is 5.66 Å². The molecule has 0 atom stereocenters. The van der Waals surface area contributed by atoms with Gasteiger partial charge in [0.1, 0.15) is 10.6 Å². The molecule has 0 heterocycles. The number of rotatable bonds is 41. The van der Waals surface area contributed by atoms with Crippen molar-refractivity contribution in [2.45, 2.75) is 309 Å². The number of nitrogens with one attached hydrogen (secondary N) is 1. The second-order valence-corrected chi connectivity index (χ2v) is 50.2. The highest BCUT2D eigenvalue weighted by atomic mass is 31.2. The van der Waals surface area contributed by atoms with Crippen LogP contribution in [0.4, 0.5) is 0 Å². The summed E-state index contributed by atoms with van der Waals surface area (Å²) in [5, 5.41) is 13.6. The predicted molar refractivity (Wildman–Crippen MR) is 379 cm³/mol. The summed E-state index contributed by atoms with van der Waals surface area (Å²) in [5.74, 6) is 0. The minimum atomic E-state index is -2.29. The summed E-state index contributed by atoms with van der Waals surface area (Å²) in [5.41, 5.74) is 0.612. The molecule has 0 aliphatic heterocycles. The molecule has 442 valence electrons. The van der Waals surface area contributed by atoms with E-state index in [1.54, 1.807) is 42.0 Å². The topological polar surface area (TPSA) is 12.0 Å². The highest BCUT2D eigenvalue weighted by molar-refractivity contribution is 7.96. The first-order chi connectivity index (χ1) is 38.5. The third-order valence-electron chi connectivity index (χ3n) is 20.0. The maximum absolute atomic E-state index is 5.20. The van der Waals surface area contributed by atoms with Gasteiger partial charge in [-0.3, -0.25) is 0 Å². The van der Waals surface area contributed by atoms with Crippen LogP contribution in [0.2, 0.25) is 72.5 Å². The summed E-state index contributed by atoms with van der Waals surface area (Å²) in [7, 11) is -10.2. The Bertz CT molecular complexity index is 2030. The Morgan fingerprint density at radius 3 is 0.911 bits per heavy atom. The second-order valence-electron chi connectivity index (χ2n) is 25.9. The third kappa shape index (κ3) is 17.6. The van der Waals surface area contributed by atoms with E-state index >= 15 is 0 Å². The van der Waals surface area contributed by atoms with E-state index < -0.39 is 47.8 Å². The van der Waals surface area contributed by atoms with E-state index in [4.69, 9.17) is 4.86 Å². The SMILES string of the molecule is CCCC[Si](CCCC)(CCCC)c1ccc([P+](NP(c2cccc([Si](CCC)(CCC)CCC)c2)c2cccc([Si](CCC)(CCC)CCC)c2)(c2ccc([Si](CCCC)(CCCC)CCCC)cc2)C2CCCCC2)cc1. The molecule has 1 aliphatic carbocycles. The van der Waals surface area contributed by atoms with Crippen molar-refractivity contribution in [2.24, 2.45) is 0 Å². The monoisotopic (exact) mass is 1180 g/mol. The summed E-state index contributed by atoms with van der Waals surface area (Å²) >= 11 is 0. The molecule has 1 aliphatic rings. The lowest BCUT2D eigenvalue weighted by Crippen LogP contribution is -2.50. The first-order valence-corrected chi connectivity index (χ1v) is 48.1. The summed E-state index contributed by atoms with van der Waals surface area (Å²) in [6.45, 7) is 29.5. The number of hydrogen-bond donors (Lipinski definition) is 1. The molecule has 5 rings (SSSR count). The van der Waals surface area contributed by atoms with E-state index in [1.807, 2.05) is 0 Å². The van der Waals surface area contributed by atoms with Gasteiger partial charge in [-0.15, -0.1) is 0 Å².